The third-order valence-electron chi connectivity index (χ3n) is 4.58. The monoisotopic (exact) mass is 348 g/mol. The van der Waals surface area contributed by atoms with E-state index in [9.17, 15) is 0 Å². The van der Waals surface area contributed by atoms with Gasteiger partial charge in [-0.2, -0.15) is 4.98 Å². The lowest BCUT2D eigenvalue weighted by molar-refractivity contribution is 0.490. The molecule has 0 aliphatic heterocycles. The van der Waals surface area contributed by atoms with Gasteiger partial charge in [-0.15, -0.1) is 11.3 Å². The molecule has 2 unspecified atom stereocenters. The summed E-state index contributed by atoms with van der Waals surface area (Å²) in [6.07, 6.45) is 7.16. The number of halogens is 1. The molecule has 8 heteroatoms. The van der Waals surface area contributed by atoms with E-state index in [1.807, 2.05) is 5.38 Å². The van der Waals surface area contributed by atoms with E-state index in [4.69, 9.17) is 23.1 Å². The second kappa shape index (κ2) is 5.74. The molecule has 3 aromatic rings. The van der Waals surface area contributed by atoms with E-state index >= 15 is 0 Å². The van der Waals surface area contributed by atoms with Gasteiger partial charge >= 0.3 is 0 Å². The number of hydrogen-bond acceptors (Lipinski definition) is 6. The first-order valence-electron chi connectivity index (χ1n) is 7.61. The van der Waals surface area contributed by atoms with Crippen LogP contribution in [0.2, 0.25) is 5.28 Å². The Morgan fingerprint density at radius 2 is 2.22 bits per heavy atom. The van der Waals surface area contributed by atoms with Crippen LogP contribution >= 0.6 is 22.9 Å². The molecule has 4 N–H and O–H groups in total. The van der Waals surface area contributed by atoms with Crippen LogP contribution in [-0.2, 0) is 0 Å². The molecule has 120 valence electrons. The van der Waals surface area contributed by atoms with Crippen LogP contribution in [0.5, 0.6) is 0 Å². The Bertz CT molecular complexity index is 843. The molecule has 2 atom stereocenters. The summed E-state index contributed by atoms with van der Waals surface area (Å²) in [5.41, 5.74) is 13.7. The van der Waals surface area contributed by atoms with Crippen molar-refractivity contribution in [2.45, 2.75) is 25.3 Å². The quantitative estimate of drug-likeness (QED) is 0.709. The molecule has 0 spiro atoms. The van der Waals surface area contributed by atoms with Crippen LogP contribution in [0.4, 0.5) is 5.82 Å². The Balaban J connectivity index is 1.91. The third kappa shape index (κ3) is 2.49. The van der Waals surface area contributed by atoms with Crippen LogP contribution in [0.3, 0.4) is 0 Å². The van der Waals surface area contributed by atoms with Gasteiger partial charge in [0.15, 0.2) is 0 Å². The lowest BCUT2D eigenvalue weighted by atomic mass is 10.1. The van der Waals surface area contributed by atoms with Crippen LogP contribution in [0.25, 0.3) is 21.6 Å². The van der Waals surface area contributed by atoms with Gasteiger partial charge in [0.2, 0.25) is 5.28 Å². The molecular formula is C15H17ClN6S. The zero-order valence-corrected chi connectivity index (χ0v) is 14.0. The van der Waals surface area contributed by atoms with Crippen LogP contribution in [-0.4, -0.2) is 26.1 Å². The zero-order valence-electron chi connectivity index (χ0n) is 12.4. The van der Waals surface area contributed by atoms with Crippen molar-refractivity contribution >= 4 is 39.8 Å². The van der Waals surface area contributed by atoms with Gasteiger partial charge in [-0.1, -0.05) is 0 Å². The highest BCUT2D eigenvalue weighted by molar-refractivity contribution is 7.13. The smallest absolute Gasteiger partial charge is 0.226 e. The molecule has 6 nitrogen and oxygen atoms in total. The van der Waals surface area contributed by atoms with E-state index in [-0.39, 0.29) is 5.28 Å². The molecule has 3 heterocycles. The van der Waals surface area contributed by atoms with Crippen molar-refractivity contribution in [3.05, 3.63) is 23.1 Å². The highest BCUT2D eigenvalue weighted by atomic mass is 35.5. The van der Waals surface area contributed by atoms with Crippen LogP contribution in [0, 0.1) is 5.92 Å². The van der Waals surface area contributed by atoms with Crippen molar-refractivity contribution in [1.29, 1.82) is 0 Å². The minimum Gasteiger partial charge on any atom is -0.383 e. The van der Waals surface area contributed by atoms with E-state index in [1.54, 1.807) is 17.5 Å². The van der Waals surface area contributed by atoms with E-state index in [0.29, 0.717) is 17.8 Å². The van der Waals surface area contributed by atoms with Gasteiger partial charge in [0.05, 0.1) is 5.39 Å². The van der Waals surface area contributed by atoms with E-state index in [2.05, 4.69) is 25.7 Å². The Kier molecular flexibility index (Phi) is 3.71. The summed E-state index contributed by atoms with van der Waals surface area (Å²) >= 11 is 7.62. The Morgan fingerprint density at radius 3 is 2.91 bits per heavy atom. The topological polar surface area (TPSA) is 95.6 Å². The minimum atomic E-state index is 0.174. The van der Waals surface area contributed by atoms with Crippen molar-refractivity contribution < 1.29 is 0 Å². The van der Waals surface area contributed by atoms with Crippen molar-refractivity contribution in [2.24, 2.45) is 11.7 Å². The zero-order chi connectivity index (χ0) is 16.0. The van der Waals surface area contributed by atoms with Crippen molar-refractivity contribution in [3.8, 4) is 10.6 Å². The Labute approximate surface area is 142 Å². The van der Waals surface area contributed by atoms with Gasteiger partial charge in [0, 0.05) is 29.4 Å². The normalized spacial score (nSPS) is 21.3. The SMILES string of the molecule is NCC1CCC(n2cc(-c3nccs3)c3c(N)nc(Cl)nc32)C1. The van der Waals surface area contributed by atoms with E-state index in [0.717, 1.165) is 47.4 Å². The van der Waals surface area contributed by atoms with Gasteiger partial charge in [-0.25, -0.2) is 9.97 Å². The largest absolute Gasteiger partial charge is 0.383 e. The third-order valence-corrected chi connectivity index (χ3v) is 5.55. The summed E-state index contributed by atoms with van der Waals surface area (Å²) in [7, 11) is 0. The fourth-order valence-electron chi connectivity index (χ4n) is 3.46. The van der Waals surface area contributed by atoms with Gasteiger partial charge in [-0.05, 0) is 43.3 Å². The summed E-state index contributed by atoms with van der Waals surface area (Å²) in [5, 5.41) is 3.87. The molecule has 0 saturated heterocycles. The van der Waals surface area contributed by atoms with Gasteiger partial charge in [0.25, 0.3) is 0 Å². The summed E-state index contributed by atoms with van der Waals surface area (Å²) in [4.78, 5) is 13.0. The fourth-order valence-corrected chi connectivity index (χ4v) is 4.29. The number of nitrogen functional groups attached to an aromatic ring is 1. The lowest BCUT2D eigenvalue weighted by Crippen LogP contribution is -2.12. The Hall–Kier alpha value is -1.70. The maximum atomic E-state index is 6.14. The maximum absolute atomic E-state index is 6.14. The predicted molar refractivity (Wildman–Crippen MR) is 93.5 cm³/mol. The van der Waals surface area contributed by atoms with Crippen LogP contribution < -0.4 is 11.5 Å². The number of nitrogens with two attached hydrogens (primary N) is 2. The first-order chi connectivity index (χ1) is 11.2. The molecule has 1 aliphatic carbocycles. The maximum Gasteiger partial charge on any atom is 0.226 e. The minimum absolute atomic E-state index is 0.174. The number of aromatic nitrogens is 4. The van der Waals surface area contributed by atoms with Crippen molar-refractivity contribution in [2.75, 3.05) is 12.3 Å². The molecule has 1 fully saturated rings. The van der Waals surface area contributed by atoms with Crippen LogP contribution in [0.15, 0.2) is 17.8 Å². The van der Waals surface area contributed by atoms with E-state index in [1.165, 1.54) is 0 Å². The predicted octanol–water partition coefficient (Wildman–Crippen LogP) is 3.09. The molecule has 0 amide bonds. The summed E-state index contributed by atoms with van der Waals surface area (Å²) in [5.74, 6) is 0.966. The average molecular weight is 349 g/mol. The number of hydrogen-bond donors (Lipinski definition) is 2. The van der Waals surface area contributed by atoms with Crippen molar-refractivity contribution in [3.63, 3.8) is 0 Å². The molecule has 0 radical (unpaired) electrons. The highest BCUT2D eigenvalue weighted by Gasteiger charge is 2.28. The van der Waals surface area contributed by atoms with Crippen LogP contribution in [0.1, 0.15) is 25.3 Å². The molecule has 0 bridgehead atoms. The van der Waals surface area contributed by atoms with E-state index < -0.39 is 0 Å². The summed E-state index contributed by atoms with van der Waals surface area (Å²) in [6.45, 7) is 0.729. The number of rotatable bonds is 3. The highest BCUT2D eigenvalue weighted by Crippen LogP contribution is 2.41. The molecule has 23 heavy (non-hydrogen) atoms. The lowest BCUT2D eigenvalue weighted by Gasteiger charge is -2.13. The fraction of sp³-hybridized carbons (Fsp3) is 0.400. The average Bonchev–Trinajstić information content (AvgIpc) is 3.25. The second-order valence-electron chi connectivity index (χ2n) is 5.93. The molecule has 3 aromatic heterocycles. The second-order valence-corrected chi connectivity index (χ2v) is 7.17. The first kappa shape index (κ1) is 14.9. The standard InChI is InChI=1S/C15H17ClN6S/c16-15-20-12(18)11-10(14-19-3-4-23-14)7-22(13(11)21-15)9-2-1-8(5-9)6-17/h3-4,7-9H,1-2,5-6,17H2,(H2,18,20,21). The summed E-state index contributed by atoms with van der Waals surface area (Å²) < 4.78 is 2.19. The number of fused-ring (bicyclic) bond motifs is 1. The molecule has 4 rings (SSSR count). The van der Waals surface area contributed by atoms with Gasteiger partial charge in [-0.3, -0.25) is 0 Å². The first-order valence-corrected chi connectivity index (χ1v) is 8.86. The number of thiazole rings is 1. The van der Waals surface area contributed by atoms with Crippen molar-refractivity contribution in [1.82, 2.24) is 19.5 Å². The van der Waals surface area contributed by atoms with Gasteiger partial charge in [0.1, 0.15) is 16.5 Å². The molecule has 0 aromatic carbocycles. The Morgan fingerprint density at radius 1 is 1.35 bits per heavy atom. The molecule has 1 saturated carbocycles. The summed E-state index contributed by atoms with van der Waals surface area (Å²) in [6, 6.07) is 0.366. The molecular weight excluding hydrogens is 332 g/mol. The molecule has 1 aliphatic rings. The van der Waals surface area contributed by atoms with Gasteiger partial charge < -0.3 is 16.0 Å². The number of nitrogens with zero attached hydrogens (tertiary/aromatic N) is 4. The number of anilines is 1.